The molecule has 1 amide bonds. The fourth-order valence-electron chi connectivity index (χ4n) is 1.67. The summed E-state index contributed by atoms with van der Waals surface area (Å²) in [5, 5.41) is 2.51. The maximum atomic E-state index is 12.1. The molecule has 0 fully saturated rings. The van der Waals surface area contributed by atoms with E-state index in [0.29, 0.717) is 0 Å². The first-order valence-corrected chi connectivity index (χ1v) is 8.82. The van der Waals surface area contributed by atoms with Gasteiger partial charge in [-0.25, -0.2) is 8.42 Å². The number of rotatable bonds is 9. The smallest absolute Gasteiger partial charge is 0.372 e. The van der Waals surface area contributed by atoms with Crippen molar-refractivity contribution >= 4 is 21.6 Å². The zero-order valence-electron chi connectivity index (χ0n) is 13.0. The van der Waals surface area contributed by atoms with Gasteiger partial charge in [-0.1, -0.05) is 12.1 Å². The van der Waals surface area contributed by atoms with Gasteiger partial charge in [0.25, 0.3) is 5.91 Å². The topological polar surface area (TPSA) is 84.5 Å². The summed E-state index contributed by atoms with van der Waals surface area (Å²) in [5.74, 6) is -0.667. The molecule has 136 valence electrons. The second-order valence-electron chi connectivity index (χ2n) is 4.83. The van der Waals surface area contributed by atoms with Crippen molar-refractivity contribution in [3.05, 3.63) is 29.8 Å². The van der Waals surface area contributed by atoms with Crippen LogP contribution in [0.5, 0.6) is 0 Å². The molecule has 0 spiro atoms. The van der Waals surface area contributed by atoms with Crippen molar-refractivity contribution in [2.24, 2.45) is 0 Å². The zero-order valence-corrected chi connectivity index (χ0v) is 13.8. The van der Waals surface area contributed by atoms with Gasteiger partial charge in [0.2, 0.25) is 10.0 Å². The first-order chi connectivity index (χ1) is 11.1. The molecule has 0 radical (unpaired) electrons. The fourth-order valence-corrected chi connectivity index (χ4v) is 2.33. The van der Waals surface area contributed by atoms with Crippen LogP contribution in [0.2, 0.25) is 0 Å². The average molecular weight is 368 g/mol. The molecule has 1 aromatic rings. The van der Waals surface area contributed by atoms with Crippen LogP contribution in [0.3, 0.4) is 0 Å². The summed E-state index contributed by atoms with van der Waals surface area (Å²) in [5.41, 5.74) is 0.274. The van der Waals surface area contributed by atoms with E-state index < -0.39 is 28.7 Å². The third kappa shape index (κ3) is 7.64. The number of benzene rings is 1. The van der Waals surface area contributed by atoms with Crippen LogP contribution < -0.4 is 10.0 Å². The van der Waals surface area contributed by atoms with E-state index in [-0.39, 0.29) is 36.6 Å². The number of anilines is 1. The molecule has 1 aromatic carbocycles. The number of carbonyl (C=O) groups excluding carboxylic acids is 1. The fraction of sp³-hybridized carbons (Fsp3) is 0.500. The van der Waals surface area contributed by atoms with Crippen molar-refractivity contribution < 1.29 is 31.1 Å². The molecule has 1 rings (SSSR count). The first-order valence-electron chi connectivity index (χ1n) is 7.17. The molecule has 2 N–H and O–H groups in total. The maximum Gasteiger partial charge on any atom is 0.411 e. The van der Waals surface area contributed by atoms with Crippen LogP contribution in [-0.4, -0.2) is 46.0 Å². The van der Waals surface area contributed by atoms with Gasteiger partial charge in [-0.15, -0.1) is 0 Å². The minimum absolute atomic E-state index is 0.103. The van der Waals surface area contributed by atoms with Gasteiger partial charge in [0, 0.05) is 13.2 Å². The lowest BCUT2D eigenvalue weighted by atomic mass is 10.1. The van der Waals surface area contributed by atoms with Crippen LogP contribution in [0.4, 0.5) is 18.9 Å². The minimum atomic E-state index is -4.38. The molecular weight excluding hydrogens is 349 g/mol. The van der Waals surface area contributed by atoms with E-state index in [2.05, 4.69) is 14.8 Å². The Kier molecular flexibility index (Phi) is 7.49. The summed E-state index contributed by atoms with van der Waals surface area (Å²) in [4.78, 5) is 12.1. The molecule has 0 unspecified atom stereocenters. The number of carbonyl (C=O) groups is 1. The normalized spacial score (nSPS) is 12.0. The Bertz CT molecular complexity index is 648. The monoisotopic (exact) mass is 368 g/mol. The van der Waals surface area contributed by atoms with Gasteiger partial charge in [0.15, 0.2) is 0 Å². The molecule has 0 aliphatic rings. The maximum absolute atomic E-state index is 12.1. The number of alkyl halides is 3. The molecule has 0 bridgehead atoms. The van der Waals surface area contributed by atoms with Gasteiger partial charge in [-0.2, -0.15) is 13.2 Å². The van der Waals surface area contributed by atoms with Crippen LogP contribution in [0.1, 0.15) is 23.7 Å². The van der Waals surface area contributed by atoms with E-state index in [4.69, 9.17) is 0 Å². The highest BCUT2D eigenvalue weighted by atomic mass is 32.2. The Morgan fingerprint density at radius 3 is 2.54 bits per heavy atom. The van der Waals surface area contributed by atoms with Gasteiger partial charge in [0.05, 0.1) is 17.0 Å². The van der Waals surface area contributed by atoms with Crippen LogP contribution in [-0.2, 0) is 14.8 Å². The van der Waals surface area contributed by atoms with Crippen molar-refractivity contribution in [3.63, 3.8) is 0 Å². The third-order valence-corrected chi connectivity index (χ3v) is 4.12. The Labute approximate surface area is 138 Å². The van der Waals surface area contributed by atoms with E-state index in [0.717, 1.165) is 0 Å². The highest BCUT2D eigenvalue weighted by molar-refractivity contribution is 7.92. The number of hydrogen-bond acceptors (Lipinski definition) is 4. The largest absolute Gasteiger partial charge is 0.411 e. The van der Waals surface area contributed by atoms with E-state index in [1.54, 1.807) is 12.1 Å². The molecule has 0 heterocycles. The molecule has 10 heteroatoms. The van der Waals surface area contributed by atoms with E-state index in [9.17, 15) is 26.4 Å². The van der Waals surface area contributed by atoms with E-state index in [1.165, 1.54) is 19.1 Å². The van der Waals surface area contributed by atoms with E-state index in [1.807, 2.05) is 0 Å². The van der Waals surface area contributed by atoms with Crippen molar-refractivity contribution in [1.82, 2.24) is 5.32 Å². The summed E-state index contributed by atoms with van der Waals surface area (Å²) in [6.45, 7) is 0.0873. The summed E-state index contributed by atoms with van der Waals surface area (Å²) in [6.07, 6.45) is -4.18. The van der Waals surface area contributed by atoms with Gasteiger partial charge < -0.3 is 10.1 Å². The lowest BCUT2D eigenvalue weighted by molar-refractivity contribution is -0.173. The highest BCUT2D eigenvalue weighted by Crippen LogP contribution is 2.17. The van der Waals surface area contributed by atoms with E-state index >= 15 is 0 Å². The summed E-state index contributed by atoms with van der Waals surface area (Å²) in [7, 11) is -3.53. The molecule has 0 saturated heterocycles. The lowest BCUT2D eigenvalue weighted by Crippen LogP contribution is -2.27. The summed E-state index contributed by atoms with van der Waals surface area (Å²) < 4.78 is 65.6. The lowest BCUT2D eigenvalue weighted by Gasteiger charge is -2.12. The van der Waals surface area contributed by atoms with Gasteiger partial charge in [-0.3, -0.25) is 9.52 Å². The Morgan fingerprint density at radius 1 is 1.25 bits per heavy atom. The van der Waals surface area contributed by atoms with Crippen LogP contribution in [0.25, 0.3) is 0 Å². The molecular formula is C14H19F3N2O4S. The second kappa shape index (κ2) is 8.88. The quantitative estimate of drug-likeness (QED) is 0.654. The SMILES string of the molecule is CCS(=O)(=O)Nc1ccccc1C(=O)NCCCOCC(F)(F)F. The summed E-state index contributed by atoms with van der Waals surface area (Å²) in [6, 6.07) is 6.05. The Hall–Kier alpha value is -1.81. The van der Waals surface area contributed by atoms with Crippen LogP contribution in [0.15, 0.2) is 24.3 Å². The Balaban J connectivity index is 2.51. The second-order valence-corrected chi connectivity index (χ2v) is 6.84. The average Bonchev–Trinajstić information content (AvgIpc) is 2.49. The number of hydrogen-bond donors (Lipinski definition) is 2. The number of nitrogens with one attached hydrogen (secondary N) is 2. The Morgan fingerprint density at radius 2 is 1.92 bits per heavy atom. The number of ether oxygens (including phenoxy) is 1. The van der Waals surface area contributed by atoms with Gasteiger partial charge in [0.1, 0.15) is 6.61 Å². The highest BCUT2D eigenvalue weighted by Gasteiger charge is 2.27. The number of sulfonamides is 1. The zero-order chi connectivity index (χ0) is 18.2. The molecule has 0 atom stereocenters. The molecule has 0 aromatic heterocycles. The number of amides is 1. The van der Waals surface area contributed by atoms with Crippen LogP contribution in [0, 0.1) is 0 Å². The van der Waals surface area contributed by atoms with Gasteiger partial charge in [-0.05, 0) is 25.5 Å². The predicted octanol–water partition coefficient (Wildman–Crippen LogP) is 2.15. The number of para-hydroxylation sites is 1. The predicted molar refractivity (Wildman–Crippen MR) is 83.3 cm³/mol. The standard InChI is InChI=1S/C14H19F3N2O4S/c1-2-24(21,22)19-12-7-4-3-6-11(12)13(20)18-8-5-9-23-10-14(15,16)17/h3-4,6-7,19H,2,5,8-10H2,1H3,(H,18,20). The molecule has 0 aliphatic carbocycles. The van der Waals surface area contributed by atoms with Crippen molar-refractivity contribution in [1.29, 1.82) is 0 Å². The van der Waals surface area contributed by atoms with Crippen molar-refractivity contribution in [2.45, 2.75) is 19.5 Å². The third-order valence-electron chi connectivity index (χ3n) is 2.83. The molecule has 0 aliphatic heterocycles. The van der Waals surface area contributed by atoms with Crippen molar-refractivity contribution in [2.75, 3.05) is 30.2 Å². The van der Waals surface area contributed by atoms with Gasteiger partial charge >= 0.3 is 6.18 Å². The van der Waals surface area contributed by atoms with Crippen molar-refractivity contribution in [3.8, 4) is 0 Å². The minimum Gasteiger partial charge on any atom is -0.372 e. The molecule has 6 nitrogen and oxygen atoms in total. The van der Waals surface area contributed by atoms with Crippen LogP contribution >= 0.6 is 0 Å². The molecule has 0 saturated carbocycles. The summed E-state index contributed by atoms with van der Waals surface area (Å²) >= 11 is 0. The first kappa shape index (κ1) is 20.2. The number of halogens is 3. The molecule has 24 heavy (non-hydrogen) atoms.